The number of rotatable bonds is 6. The molecule has 0 bridgehead atoms. The van der Waals surface area contributed by atoms with Gasteiger partial charge in [0.1, 0.15) is 11.5 Å². The van der Waals surface area contributed by atoms with E-state index in [0.717, 1.165) is 23.6 Å². The van der Waals surface area contributed by atoms with Crippen LogP contribution >= 0.6 is 0 Å². The van der Waals surface area contributed by atoms with E-state index < -0.39 is 0 Å². The van der Waals surface area contributed by atoms with E-state index in [4.69, 9.17) is 15.2 Å². The smallest absolute Gasteiger partial charge is 0.123 e. The first-order chi connectivity index (χ1) is 7.71. The number of nitrogens with one attached hydrogen (secondary N) is 1. The Hall–Kier alpha value is -1.26. The number of benzene rings is 1. The summed E-state index contributed by atoms with van der Waals surface area (Å²) in [4.78, 5) is 0. The van der Waals surface area contributed by atoms with Crippen molar-refractivity contribution in [2.75, 3.05) is 20.8 Å². The standard InChI is InChI=1S/C12H20N2O2/c1-9(7-13)14-8-10-6-11(15-2)4-5-12(10)16-3/h4-6,9,14H,7-8,13H2,1-3H3/t9-/m0/s1. The third kappa shape index (κ3) is 3.40. The molecule has 0 fully saturated rings. The maximum atomic E-state index is 5.54. The largest absolute Gasteiger partial charge is 0.497 e. The van der Waals surface area contributed by atoms with Gasteiger partial charge < -0.3 is 20.5 Å². The van der Waals surface area contributed by atoms with Gasteiger partial charge in [-0.25, -0.2) is 0 Å². The minimum atomic E-state index is 0.288. The lowest BCUT2D eigenvalue weighted by Crippen LogP contribution is -2.32. The monoisotopic (exact) mass is 224 g/mol. The van der Waals surface area contributed by atoms with Crippen LogP contribution in [0.5, 0.6) is 11.5 Å². The van der Waals surface area contributed by atoms with Gasteiger partial charge in [0.2, 0.25) is 0 Å². The average Bonchev–Trinajstić information content (AvgIpc) is 2.35. The van der Waals surface area contributed by atoms with Gasteiger partial charge in [0.15, 0.2) is 0 Å². The molecule has 4 heteroatoms. The molecule has 1 aromatic carbocycles. The molecule has 0 spiro atoms. The molecule has 0 aliphatic heterocycles. The molecule has 0 unspecified atom stereocenters. The first-order valence-electron chi connectivity index (χ1n) is 5.35. The maximum absolute atomic E-state index is 5.54. The molecule has 1 rings (SSSR count). The number of hydrogen-bond donors (Lipinski definition) is 2. The van der Waals surface area contributed by atoms with E-state index in [-0.39, 0.29) is 6.04 Å². The second-order valence-electron chi connectivity index (χ2n) is 3.70. The summed E-state index contributed by atoms with van der Waals surface area (Å²) in [5.74, 6) is 1.69. The number of methoxy groups -OCH3 is 2. The summed E-state index contributed by atoms with van der Waals surface area (Å²) in [7, 11) is 3.32. The maximum Gasteiger partial charge on any atom is 0.123 e. The van der Waals surface area contributed by atoms with Crippen molar-refractivity contribution < 1.29 is 9.47 Å². The lowest BCUT2D eigenvalue weighted by atomic mass is 10.1. The molecule has 0 radical (unpaired) electrons. The molecule has 0 aliphatic carbocycles. The summed E-state index contributed by atoms with van der Waals surface area (Å²) < 4.78 is 10.5. The third-order valence-electron chi connectivity index (χ3n) is 2.48. The van der Waals surface area contributed by atoms with E-state index in [0.29, 0.717) is 6.54 Å². The van der Waals surface area contributed by atoms with Crippen molar-refractivity contribution in [3.05, 3.63) is 23.8 Å². The van der Waals surface area contributed by atoms with Gasteiger partial charge in [-0.15, -0.1) is 0 Å². The molecule has 0 amide bonds. The minimum Gasteiger partial charge on any atom is -0.497 e. The Bertz CT molecular complexity index is 329. The summed E-state index contributed by atoms with van der Waals surface area (Å²) in [5.41, 5.74) is 6.62. The van der Waals surface area contributed by atoms with Crippen LogP contribution in [0, 0.1) is 0 Å². The molecule has 0 heterocycles. The van der Waals surface area contributed by atoms with Crippen LogP contribution in [0.15, 0.2) is 18.2 Å². The zero-order chi connectivity index (χ0) is 12.0. The molecule has 3 N–H and O–H groups in total. The molecule has 0 saturated heterocycles. The van der Waals surface area contributed by atoms with Gasteiger partial charge in [-0.1, -0.05) is 0 Å². The summed E-state index contributed by atoms with van der Waals surface area (Å²) in [6, 6.07) is 6.04. The van der Waals surface area contributed by atoms with E-state index >= 15 is 0 Å². The molecule has 1 atom stereocenters. The van der Waals surface area contributed by atoms with Crippen molar-refractivity contribution in [3.8, 4) is 11.5 Å². The summed E-state index contributed by atoms with van der Waals surface area (Å²) in [5, 5.41) is 3.31. The normalized spacial score (nSPS) is 12.2. The Morgan fingerprint density at radius 3 is 2.62 bits per heavy atom. The highest BCUT2D eigenvalue weighted by atomic mass is 16.5. The summed E-state index contributed by atoms with van der Waals surface area (Å²) in [6.07, 6.45) is 0. The van der Waals surface area contributed by atoms with Crippen LogP contribution in [0.2, 0.25) is 0 Å². The van der Waals surface area contributed by atoms with Crippen LogP contribution in [0.1, 0.15) is 12.5 Å². The van der Waals surface area contributed by atoms with Crippen LogP contribution in [-0.4, -0.2) is 26.8 Å². The Morgan fingerprint density at radius 2 is 2.06 bits per heavy atom. The Morgan fingerprint density at radius 1 is 1.31 bits per heavy atom. The molecule has 0 aromatic heterocycles. The van der Waals surface area contributed by atoms with Crippen LogP contribution in [0.3, 0.4) is 0 Å². The van der Waals surface area contributed by atoms with Crippen LogP contribution < -0.4 is 20.5 Å². The van der Waals surface area contributed by atoms with Gasteiger partial charge in [-0.2, -0.15) is 0 Å². The predicted molar refractivity (Wildman–Crippen MR) is 64.9 cm³/mol. The average molecular weight is 224 g/mol. The van der Waals surface area contributed by atoms with E-state index in [2.05, 4.69) is 5.32 Å². The molecule has 90 valence electrons. The van der Waals surface area contributed by atoms with Gasteiger partial charge in [0.05, 0.1) is 14.2 Å². The first-order valence-corrected chi connectivity index (χ1v) is 5.35. The van der Waals surface area contributed by atoms with Gasteiger partial charge in [0, 0.05) is 24.7 Å². The van der Waals surface area contributed by atoms with E-state index in [1.807, 2.05) is 25.1 Å². The molecule has 1 aromatic rings. The SMILES string of the molecule is COc1ccc(OC)c(CN[C@@H](C)CN)c1. The highest BCUT2D eigenvalue weighted by molar-refractivity contribution is 5.40. The van der Waals surface area contributed by atoms with Gasteiger partial charge >= 0.3 is 0 Å². The van der Waals surface area contributed by atoms with Gasteiger partial charge in [-0.05, 0) is 25.1 Å². The van der Waals surface area contributed by atoms with Crippen LogP contribution in [0.4, 0.5) is 0 Å². The number of nitrogens with two attached hydrogens (primary N) is 1. The highest BCUT2D eigenvalue weighted by Crippen LogP contribution is 2.23. The number of ether oxygens (including phenoxy) is 2. The first kappa shape index (κ1) is 12.8. The number of hydrogen-bond acceptors (Lipinski definition) is 4. The zero-order valence-electron chi connectivity index (χ0n) is 10.1. The lowest BCUT2D eigenvalue weighted by Gasteiger charge is -2.14. The predicted octanol–water partition coefficient (Wildman–Crippen LogP) is 1.14. The van der Waals surface area contributed by atoms with Crippen molar-refractivity contribution in [1.82, 2.24) is 5.32 Å². The summed E-state index contributed by atoms with van der Waals surface area (Å²) >= 11 is 0. The fourth-order valence-electron chi connectivity index (χ4n) is 1.39. The van der Waals surface area contributed by atoms with Gasteiger partial charge in [-0.3, -0.25) is 0 Å². The molecular formula is C12H20N2O2. The summed E-state index contributed by atoms with van der Waals surface area (Å²) in [6.45, 7) is 3.39. The fraction of sp³-hybridized carbons (Fsp3) is 0.500. The van der Waals surface area contributed by atoms with Crippen LogP contribution in [0.25, 0.3) is 0 Å². The molecule has 0 saturated carbocycles. The second-order valence-corrected chi connectivity index (χ2v) is 3.70. The zero-order valence-corrected chi connectivity index (χ0v) is 10.1. The van der Waals surface area contributed by atoms with Crippen molar-refractivity contribution in [3.63, 3.8) is 0 Å². The third-order valence-corrected chi connectivity index (χ3v) is 2.48. The molecule has 16 heavy (non-hydrogen) atoms. The Balaban J connectivity index is 2.75. The minimum absolute atomic E-state index is 0.288. The van der Waals surface area contributed by atoms with E-state index in [1.165, 1.54) is 0 Å². The molecular weight excluding hydrogens is 204 g/mol. The van der Waals surface area contributed by atoms with Gasteiger partial charge in [0.25, 0.3) is 0 Å². The Kier molecular flexibility index (Phi) is 5.08. The van der Waals surface area contributed by atoms with Crippen LogP contribution in [-0.2, 0) is 6.54 Å². The van der Waals surface area contributed by atoms with E-state index in [1.54, 1.807) is 14.2 Å². The quantitative estimate of drug-likeness (QED) is 0.761. The second kappa shape index (κ2) is 6.35. The fourth-order valence-corrected chi connectivity index (χ4v) is 1.39. The van der Waals surface area contributed by atoms with Crippen molar-refractivity contribution >= 4 is 0 Å². The van der Waals surface area contributed by atoms with Crippen molar-refractivity contribution in [1.29, 1.82) is 0 Å². The highest BCUT2D eigenvalue weighted by Gasteiger charge is 2.06. The van der Waals surface area contributed by atoms with Crippen molar-refractivity contribution in [2.45, 2.75) is 19.5 Å². The molecule has 0 aliphatic rings. The lowest BCUT2D eigenvalue weighted by molar-refractivity contribution is 0.395. The topological polar surface area (TPSA) is 56.5 Å². The Labute approximate surface area is 96.7 Å². The van der Waals surface area contributed by atoms with Crippen molar-refractivity contribution in [2.24, 2.45) is 5.73 Å². The molecule has 4 nitrogen and oxygen atoms in total. The van der Waals surface area contributed by atoms with E-state index in [9.17, 15) is 0 Å².